The van der Waals surface area contributed by atoms with Gasteiger partial charge in [-0.3, -0.25) is 9.59 Å². The Kier molecular flexibility index (Phi) is 5.69. The predicted molar refractivity (Wildman–Crippen MR) is 105 cm³/mol. The highest BCUT2D eigenvalue weighted by atomic mass is 32.1. The van der Waals surface area contributed by atoms with Crippen molar-refractivity contribution in [3.8, 4) is 0 Å². The molecule has 0 aliphatic rings. The molecule has 2 amide bonds. The van der Waals surface area contributed by atoms with E-state index in [1.54, 1.807) is 13.8 Å². The molecule has 0 aliphatic heterocycles. The number of hydrogen-bond donors (Lipinski definition) is 2. The number of thiazole rings is 1. The zero-order valence-electron chi connectivity index (χ0n) is 15.5. The molecular formula is C20H19F2N3O2S. The van der Waals surface area contributed by atoms with Crippen molar-refractivity contribution in [2.45, 2.75) is 26.8 Å². The van der Waals surface area contributed by atoms with Gasteiger partial charge in [-0.05, 0) is 42.7 Å². The van der Waals surface area contributed by atoms with E-state index in [9.17, 15) is 18.4 Å². The molecule has 2 N–H and O–H groups in total. The summed E-state index contributed by atoms with van der Waals surface area (Å²) in [6.45, 7) is 5.41. The summed E-state index contributed by atoms with van der Waals surface area (Å²) in [7, 11) is 0. The van der Waals surface area contributed by atoms with E-state index < -0.39 is 35.1 Å². The molecule has 8 heteroatoms. The van der Waals surface area contributed by atoms with Crippen molar-refractivity contribution >= 4 is 38.5 Å². The van der Waals surface area contributed by atoms with Crippen molar-refractivity contribution in [2.24, 2.45) is 5.92 Å². The van der Waals surface area contributed by atoms with Crippen LogP contribution < -0.4 is 10.6 Å². The molecule has 0 aliphatic carbocycles. The molecule has 0 saturated carbocycles. The molecule has 0 spiro atoms. The van der Waals surface area contributed by atoms with Gasteiger partial charge in [0.05, 0.1) is 10.2 Å². The number of halogens is 2. The second kappa shape index (κ2) is 8.02. The maximum absolute atomic E-state index is 13.8. The Morgan fingerprint density at radius 3 is 2.43 bits per heavy atom. The SMILES string of the molecule is Cc1ccc2nc(NC(=O)[C@@H](NC(=O)c3c(F)cccc3F)C(C)C)sc2c1. The highest BCUT2D eigenvalue weighted by Crippen LogP contribution is 2.27. The lowest BCUT2D eigenvalue weighted by Gasteiger charge is -2.21. The van der Waals surface area contributed by atoms with Gasteiger partial charge in [0.15, 0.2) is 5.13 Å². The van der Waals surface area contributed by atoms with Crippen molar-refractivity contribution in [1.82, 2.24) is 10.3 Å². The van der Waals surface area contributed by atoms with E-state index in [2.05, 4.69) is 15.6 Å². The summed E-state index contributed by atoms with van der Waals surface area (Å²) in [5, 5.41) is 5.50. The minimum atomic E-state index is -0.986. The molecule has 2 aromatic carbocycles. The zero-order valence-corrected chi connectivity index (χ0v) is 16.4. The van der Waals surface area contributed by atoms with Crippen LogP contribution in [0.5, 0.6) is 0 Å². The number of hydrogen-bond acceptors (Lipinski definition) is 4. The molecule has 1 aromatic heterocycles. The van der Waals surface area contributed by atoms with Crippen LogP contribution in [0.3, 0.4) is 0 Å². The molecule has 3 rings (SSSR count). The lowest BCUT2D eigenvalue weighted by molar-refractivity contribution is -0.118. The van der Waals surface area contributed by atoms with Crippen molar-refractivity contribution in [3.63, 3.8) is 0 Å². The van der Waals surface area contributed by atoms with Crippen LogP contribution in [0.2, 0.25) is 0 Å². The van der Waals surface area contributed by atoms with E-state index in [-0.39, 0.29) is 5.92 Å². The van der Waals surface area contributed by atoms with Crippen LogP contribution in [0, 0.1) is 24.5 Å². The van der Waals surface area contributed by atoms with Crippen molar-refractivity contribution in [2.75, 3.05) is 5.32 Å². The van der Waals surface area contributed by atoms with Crippen molar-refractivity contribution in [1.29, 1.82) is 0 Å². The standard InChI is InChI=1S/C20H19F2N3O2S/c1-10(2)17(24-18(26)16-12(21)5-4-6-13(16)22)19(27)25-20-23-14-8-7-11(3)9-15(14)28-20/h4-10,17H,1-3H3,(H,24,26)(H,23,25,27)/t17-/m0/s1. The number of benzene rings is 2. The summed E-state index contributed by atoms with van der Waals surface area (Å²) in [6.07, 6.45) is 0. The minimum Gasteiger partial charge on any atom is -0.340 e. The Balaban J connectivity index is 1.79. The lowest BCUT2D eigenvalue weighted by atomic mass is 10.0. The third kappa shape index (κ3) is 4.17. The summed E-state index contributed by atoms with van der Waals surface area (Å²) in [4.78, 5) is 29.4. The summed E-state index contributed by atoms with van der Waals surface area (Å²) in [5.41, 5.74) is 1.12. The van der Waals surface area contributed by atoms with Gasteiger partial charge in [-0.25, -0.2) is 13.8 Å². The van der Waals surface area contributed by atoms with Crippen LogP contribution in [0.4, 0.5) is 13.9 Å². The first-order valence-electron chi connectivity index (χ1n) is 8.69. The first kappa shape index (κ1) is 19.9. The Morgan fingerprint density at radius 2 is 1.79 bits per heavy atom. The largest absolute Gasteiger partial charge is 0.340 e. The average Bonchev–Trinajstić information content (AvgIpc) is 3.00. The van der Waals surface area contributed by atoms with Gasteiger partial charge >= 0.3 is 0 Å². The molecule has 0 radical (unpaired) electrons. The normalized spacial score (nSPS) is 12.2. The van der Waals surface area contributed by atoms with Gasteiger partial charge in [-0.15, -0.1) is 0 Å². The Bertz CT molecular complexity index is 1030. The number of nitrogens with zero attached hydrogens (tertiary/aromatic N) is 1. The van der Waals surface area contributed by atoms with Gasteiger partial charge in [0.1, 0.15) is 23.2 Å². The second-order valence-electron chi connectivity index (χ2n) is 6.77. The summed E-state index contributed by atoms with van der Waals surface area (Å²) >= 11 is 1.31. The zero-order chi connectivity index (χ0) is 20.4. The number of carbonyl (C=O) groups excluding carboxylic acids is 2. The molecule has 1 heterocycles. The van der Waals surface area contributed by atoms with Crippen LogP contribution in [-0.2, 0) is 4.79 Å². The number of aryl methyl sites for hydroxylation is 1. The maximum Gasteiger partial charge on any atom is 0.257 e. The molecule has 0 fully saturated rings. The average molecular weight is 403 g/mol. The monoisotopic (exact) mass is 403 g/mol. The first-order valence-corrected chi connectivity index (χ1v) is 9.51. The van der Waals surface area contributed by atoms with E-state index in [0.717, 1.165) is 27.9 Å². The predicted octanol–water partition coefficient (Wildman–Crippen LogP) is 4.28. The van der Waals surface area contributed by atoms with E-state index in [1.807, 2.05) is 25.1 Å². The van der Waals surface area contributed by atoms with E-state index in [1.165, 1.54) is 17.4 Å². The molecule has 3 aromatic rings. The quantitative estimate of drug-likeness (QED) is 0.668. The van der Waals surface area contributed by atoms with E-state index in [4.69, 9.17) is 0 Å². The van der Waals surface area contributed by atoms with Gasteiger partial charge in [0, 0.05) is 0 Å². The number of aromatic nitrogens is 1. The molecule has 146 valence electrons. The Morgan fingerprint density at radius 1 is 1.11 bits per heavy atom. The van der Waals surface area contributed by atoms with Crippen LogP contribution in [-0.4, -0.2) is 22.8 Å². The number of carbonyl (C=O) groups is 2. The third-order valence-corrected chi connectivity index (χ3v) is 5.13. The summed E-state index contributed by atoms with van der Waals surface area (Å²) in [6, 6.07) is 7.92. The van der Waals surface area contributed by atoms with Crippen molar-refractivity contribution in [3.05, 3.63) is 59.2 Å². The van der Waals surface area contributed by atoms with Gasteiger partial charge in [0.2, 0.25) is 5.91 Å². The highest BCUT2D eigenvalue weighted by Gasteiger charge is 2.28. The van der Waals surface area contributed by atoms with E-state index in [0.29, 0.717) is 5.13 Å². The van der Waals surface area contributed by atoms with Crippen LogP contribution >= 0.6 is 11.3 Å². The summed E-state index contributed by atoms with van der Waals surface area (Å²) in [5.74, 6) is -3.76. The van der Waals surface area contributed by atoms with Crippen LogP contribution in [0.25, 0.3) is 10.2 Å². The number of rotatable bonds is 5. The van der Waals surface area contributed by atoms with Crippen LogP contribution in [0.1, 0.15) is 29.8 Å². The fourth-order valence-electron chi connectivity index (χ4n) is 2.73. The Hall–Kier alpha value is -2.87. The number of anilines is 1. The fourth-order valence-corrected chi connectivity index (χ4v) is 3.70. The molecule has 0 unspecified atom stereocenters. The van der Waals surface area contributed by atoms with Gasteiger partial charge in [-0.2, -0.15) is 0 Å². The van der Waals surface area contributed by atoms with Gasteiger partial charge in [-0.1, -0.05) is 37.3 Å². The van der Waals surface area contributed by atoms with Gasteiger partial charge in [0.25, 0.3) is 5.91 Å². The number of amides is 2. The maximum atomic E-state index is 13.8. The highest BCUT2D eigenvalue weighted by molar-refractivity contribution is 7.22. The molecule has 5 nitrogen and oxygen atoms in total. The number of fused-ring (bicyclic) bond motifs is 1. The van der Waals surface area contributed by atoms with Gasteiger partial charge < -0.3 is 10.6 Å². The smallest absolute Gasteiger partial charge is 0.257 e. The molecule has 28 heavy (non-hydrogen) atoms. The fraction of sp³-hybridized carbons (Fsp3) is 0.250. The number of nitrogens with one attached hydrogen (secondary N) is 2. The van der Waals surface area contributed by atoms with Crippen molar-refractivity contribution < 1.29 is 18.4 Å². The third-order valence-electron chi connectivity index (χ3n) is 4.20. The molecule has 1 atom stereocenters. The molecule has 0 bridgehead atoms. The molecule has 0 saturated heterocycles. The Labute approximate surface area is 164 Å². The van der Waals surface area contributed by atoms with E-state index >= 15 is 0 Å². The van der Waals surface area contributed by atoms with Crippen LogP contribution in [0.15, 0.2) is 36.4 Å². The molecular weight excluding hydrogens is 384 g/mol. The second-order valence-corrected chi connectivity index (χ2v) is 7.80. The lowest BCUT2D eigenvalue weighted by Crippen LogP contribution is -2.47. The first-order chi connectivity index (χ1) is 13.3. The minimum absolute atomic E-state index is 0.310. The topological polar surface area (TPSA) is 71.1 Å². The summed E-state index contributed by atoms with van der Waals surface area (Å²) < 4.78 is 28.6.